The number of hydrogen-bond donors (Lipinski definition) is 1. The fraction of sp³-hybridized carbons (Fsp3) is 0.444. The van der Waals surface area contributed by atoms with Gasteiger partial charge in [-0.15, -0.1) is 0 Å². The van der Waals surface area contributed by atoms with Gasteiger partial charge in [0.25, 0.3) is 0 Å². The fourth-order valence-electron chi connectivity index (χ4n) is 0.981. The molecule has 0 amide bonds. The molecule has 96 valence electrons. The first kappa shape index (κ1) is 14.8. The Morgan fingerprint density at radius 3 is 2.88 bits per heavy atom. The van der Waals surface area contributed by atoms with Crippen molar-refractivity contribution in [1.82, 2.24) is 9.71 Å². The highest BCUT2D eigenvalue weighted by Crippen LogP contribution is 2.22. The second-order valence-corrected chi connectivity index (χ2v) is 6.35. The van der Waals surface area contributed by atoms with E-state index in [9.17, 15) is 8.42 Å². The fourth-order valence-corrected chi connectivity index (χ4v) is 3.04. The van der Waals surface area contributed by atoms with Gasteiger partial charge in [0.15, 0.2) is 0 Å². The van der Waals surface area contributed by atoms with Crippen LogP contribution in [0, 0.1) is 0 Å². The molecule has 0 aliphatic rings. The van der Waals surface area contributed by atoms with Gasteiger partial charge < -0.3 is 4.74 Å². The third-order valence-corrected chi connectivity index (χ3v) is 4.31. The topological polar surface area (TPSA) is 68.3 Å². The number of nitrogens with one attached hydrogen (secondary N) is 1. The Balaban J connectivity index is 2.93. The van der Waals surface area contributed by atoms with Gasteiger partial charge in [-0.3, -0.25) is 0 Å². The van der Waals surface area contributed by atoms with E-state index < -0.39 is 10.0 Å². The van der Waals surface area contributed by atoms with E-state index in [1.54, 1.807) is 6.92 Å². The van der Waals surface area contributed by atoms with Gasteiger partial charge in [-0.05, 0) is 28.9 Å². The molecule has 1 rings (SSSR count). The van der Waals surface area contributed by atoms with Crippen molar-refractivity contribution in [3.05, 3.63) is 21.9 Å². The van der Waals surface area contributed by atoms with Crippen LogP contribution >= 0.6 is 27.5 Å². The summed E-state index contributed by atoms with van der Waals surface area (Å²) in [7, 11) is -2.17. The molecule has 8 heteroatoms. The van der Waals surface area contributed by atoms with Crippen molar-refractivity contribution in [3.63, 3.8) is 0 Å². The summed E-state index contributed by atoms with van der Waals surface area (Å²) >= 11 is 8.89. The van der Waals surface area contributed by atoms with Crippen LogP contribution in [-0.4, -0.2) is 33.2 Å². The smallest absolute Gasteiger partial charge is 0.243 e. The first-order valence-corrected chi connectivity index (χ1v) is 7.35. The first-order valence-electron chi connectivity index (χ1n) is 4.70. The number of ether oxygens (including phenoxy) is 1. The molecule has 1 heterocycles. The zero-order valence-corrected chi connectivity index (χ0v) is 12.4. The lowest BCUT2D eigenvalue weighted by Gasteiger charge is -2.12. The largest absolute Gasteiger partial charge is 0.380 e. The summed E-state index contributed by atoms with van der Waals surface area (Å²) < 4.78 is 31.7. The SMILES string of the molecule is COC(C)CNS(=O)(=O)c1cc(Br)cnc1Cl. The van der Waals surface area contributed by atoms with E-state index in [0.717, 1.165) is 0 Å². The standard InChI is InChI=1S/C9H12BrClN2O3S/c1-6(16-2)4-13-17(14,15)8-3-7(10)5-12-9(8)11/h3,5-6,13H,4H2,1-2H3. The lowest BCUT2D eigenvalue weighted by atomic mass is 10.4. The summed E-state index contributed by atoms with van der Waals surface area (Å²) in [6.07, 6.45) is 1.21. The van der Waals surface area contributed by atoms with Crippen molar-refractivity contribution < 1.29 is 13.2 Å². The molecule has 5 nitrogen and oxygen atoms in total. The van der Waals surface area contributed by atoms with Gasteiger partial charge in [-0.25, -0.2) is 18.1 Å². The molecule has 1 aromatic rings. The number of pyridine rings is 1. The Kier molecular flexibility index (Phi) is 5.33. The molecular weight excluding hydrogens is 332 g/mol. The number of rotatable bonds is 5. The van der Waals surface area contributed by atoms with Gasteiger partial charge >= 0.3 is 0 Å². The summed E-state index contributed by atoms with van der Waals surface area (Å²) in [5.74, 6) is 0. The van der Waals surface area contributed by atoms with Gasteiger partial charge in [-0.1, -0.05) is 11.6 Å². The van der Waals surface area contributed by atoms with E-state index in [4.69, 9.17) is 16.3 Å². The van der Waals surface area contributed by atoms with Gasteiger partial charge in [0.2, 0.25) is 10.0 Å². The molecule has 0 saturated carbocycles. The molecule has 0 aromatic carbocycles. The number of sulfonamides is 1. The van der Waals surface area contributed by atoms with Crippen molar-refractivity contribution in [3.8, 4) is 0 Å². The molecule has 17 heavy (non-hydrogen) atoms. The molecule has 0 saturated heterocycles. The highest BCUT2D eigenvalue weighted by atomic mass is 79.9. The predicted octanol–water partition coefficient (Wildman–Crippen LogP) is 1.81. The van der Waals surface area contributed by atoms with Crippen LogP contribution in [0.1, 0.15) is 6.92 Å². The highest BCUT2D eigenvalue weighted by molar-refractivity contribution is 9.10. The maximum Gasteiger partial charge on any atom is 0.243 e. The van der Waals surface area contributed by atoms with E-state index in [1.807, 2.05) is 0 Å². The van der Waals surface area contributed by atoms with Crippen molar-refractivity contribution in [2.75, 3.05) is 13.7 Å². The van der Waals surface area contributed by atoms with Crippen molar-refractivity contribution in [2.45, 2.75) is 17.9 Å². The van der Waals surface area contributed by atoms with Gasteiger partial charge in [0.1, 0.15) is 10.0 Å². The Labute approximate surface area is 114 Å². The van der Waals surface area contributed by atoms with Crippen molar-refractivity contribution >= 4 is 37.6 Å². The Hall–Kier alpha value is -0.210. The van der Waals surface area contributed by atoms with Crippen LogP contribution in [0.5, 0.6) is 0 Å². The van der Waals surface area contributed by atoms with Crippen LogP contribution in [0.25, 0.3) is 0 Å². The first-order chi connectivity index (χ1) is 7.86. The van der Waals surface area contributed by atoms with E-state index in [2.05, 4.69) is 25.6 Å². The molecule has 1 aromatic heterocycles. The third-order valence-electron chi connectivity index (χ3n) is 2.03. The summed E-state index contributed by atoms with van der Waals surface area (Å²) in [4.78, 5) is 3.70. The third kappa shape index (κ3) is 4.18. The molecule has 1 unspecified atom stereocenters. The highest BCUT2D eigenvalue weighted by Gasteiger charge is 2.19. The van der Waals surface area contributed by atoms with E-state index in [1.165, 1.54) is 19.4 Å². The predicted molar refractivity (Wildman–Crippen MR) is 68.6 cm³/mol. The number of hydrogen-bond acceptors (Lipinski definition) is 4. The maximum atomic E-state index is 11.9. The van der Waals surface area contributed by atoms with Crippen LogP contribution in [0.3, 0.4) is 0 Å². The normalized spacial score (nSPS) is 13.6. The van der Waals surface area contributed by atoms with E-state index >= 15 is 0 Å². The van der Waals surface area contributed by atoms with E-state index in [-0.39, 0.29) is 22.7 Å². The molecular formula is C9H12BrClN2O3S. The molecule has 0 fully saturated rings. The van der Waals surface area contributed by atoms with Gasteiger partial charge in [-0.2, -0.15) is 0 Å². The minimum atomic E-state index is -3.67. The minimum Gasteiger partial charge on any atom is -0.380 e. The lowest BCUT2D eigenvalue weighted by molar-refractivity contribution is 0.122. The zero-order chi connectivity index (χ0) is 13.1. The Morgan fingerprint density at radius 2 is 2.29 bits per heavy atom. The summed E-state index contributed by atoms with van der Waals surface area (Å²) in [5.41, 5.74) is 0. The molecule has 0 aliphatic carbocycles. The maximum absolute atomic E-state index is 11.9. The lowest BCUT2D eigenvalue weighted by Crippen LogP contribution is -2.31. The van der Waals surface area contributed by atoms with Gasteiger partial charge in [0, 0.05) is 24.3 Å². The number of nitrogens with zero attached hydrogens (tertiary/aromatic N) is 1. The molecule has 1 atom stereocenters. The summed E-state index contributed by atoms with van der Waals surface area (Å²) in [5, 5.41) is -0.0641. The quantitative estimate of drug-likeness (QED) is 0.828. The Bertz CT molecular complexity index is 495. The number of aromatic nitrogens is 1. The molecule has 0 spiro atoms. The molecule has 0 radical (unpaired) electrons. The second-order valence-electron chi connectivity index (χ2n) is 3.34. The van der Waals surface area contributed by atoms with Crippen molar-refractivity contribution in [2.24, 2.45) is 0 Å². The average Bonchev–Trinajstić information content (AvgIpc) is 2.29. The summed E-state index contributed by atoms with van der Waals surface area (Å²) in [6, 6.07) is 1.40. The average molecular weight is 344 g/mol. The van der Waals surface area contributed by atoms with Crippen LogP contribution in [-0.2, 0) is 14.8 Å². The Morgan fingerprint density at radius 1 is 1.65 bits per heavy atom. The van der Waals surface area contributed by atoms with Crippen LogP contribution < -0.4 is 4.72 Å². The van der Waals surface area contributed by atoms with Crippen LogP contribution in [0.15, 0.2) is 21.6 Å². The molecule has 0 aliphatic heterocycles. The summed E-state index contributed by atoms with van der Waals surface area (Å²) in [6.45, 7) is 1.92. The van der Waals surface area contributed by atoms with Gasteiger partial charge in [0.05, 0.1) is 6.10 Å². The number of halogens is 2. The molecule has 0 bridgehead atoms. The second kappa shape index (κ2) is 6.10. The minimum absolute atomic E-state index is 0.0585. The monoisotopic (exact) mass is 342 g/mol. The zero-order valence-electron chi connectivity index (χ0n) is 9.28. The van der Waals surface area contributed by atoms with Crippen LogP contribution in [0.2, 0.25) is 5.15 Å². The number of methoxy groups -OCH3 is 1. The van der Waals surface area contributed by atoms with Crippen LogP contribution in [0.4, 0.5) is 0 Å². The van der Waals surface area contributed by atoms with Crippen molar-refractivity contribution in [1.29, 1.82) is 0 Å². The van der Waals surface area contributed by atoms with E-state index in [0.29, 0.717) is 4.47 Å². The molecule has 1 N–H and O–H groups in total.